The molecule has 0 atom stereocenters. The molecule has 3 aromatic rings. The first-order chi connectivity index (χ1) is 21.1. The van der Waals surface area contributed by atoms with Crippen molar-refractivity contribution < 1.29 is 30.0 Å². The minimum atomic E-state index is 0. The van der Waals surface area contributed by atoms with E-state index in [1.165, 1.54) is 60.6 Å². The summed E-state index contributed by atoms with van der Waals surface area (Å²) in [7, 11) is 0. The topological polar surface area (TPSA) is 50.2 Å². The monoisotopic (exact) mass is 801 g/mol. The molecule has 46 heavy (non-hydrogen) atoms. The molecule has 0 saturated heterocycles. The maximum absolute atomic E-state index is 12.2. The standard InChI is InChI=1S/C24H26N.C17H28O2.CH4.Ir/c1-16-4-6-19(7-5-16)21-9-8-20-10-11-23(25-24(20)15-21)22-13-17(2)12-18(3)14-22;1-12-3-7-14(8-4-12)16(18)11-17(19)15-9-5-13(2)6-10-15;;/h8-13,15-16,19H,4-7H2,1-3H3;11-15,18H,3-10H2,1-2H3;1H4;/q-1;;;. The number of carbonyl (C=O) groups is 1. The number of aliphatic hydroxyl groups is 1. The van der Waals surface area contributed by atoms with Gasteiger partial charge in [-0.25, -0.2) is 0 Å². The van der Waals surface area contributed by atoms with Gasteiger partial charge in [-0.2, -0.15) is 0 Å². The van der Waals surface area contributed by atoms with E-state index in [0.29, 0.717) is 11.7 Å². The Balaban J connectivity index is 0.000000249. The fourth-order valence-electron chi connectivity index (χ4n) is 7.65. The molecule has 3 fully saturated rings. The summed E-state index contributed by atoms with van der Waals surface area (Å²) in [6.07, 6.45) is 15.7. The Morgan fingerprint density at radius 3 is 1.89 bits per heavy atom. The van der Waals surface area contributed by atoms with Crippen molar-refractivity contribution in [2.45, 2.75) is 125 Å². The van der Waals surface area contributed by atoms with E-state index in [9.17, 15) is 9.90 Å². The van der Waals surface area contributed by atoms with Crippen molar-refractivity contribution in [2.75, 3.05) is 0 Å². The third-order valence-corrected chi connectivity index (χ3v) is 10.8. The van der Waals surface area contributed by atoms with Gasteiger partial charge in [-0.1, -0.05) is 105 Å². The van der Waals surface area contributed by atoms with Crippen molar-refractivity contribution in [2.24, 2.45) is 29.6 Å². The SMILES string of the molecule is C.CC1CCC(C(=O)C=C(O)C2CCC(C)CC2)CC1.Cc1[c-]c(-c2ccc3ccc(C4CCC(C)CC4)cc3n2)cc(C)c1.[Ir]. The number of pyridine rings is 1. The summed E-state index contributed by atoms with van der Waals surface area (Å²) in [5, 5.41) is 11.4. The Labute approximate surface area is 293 Å². The van der Waals surface area contributed by atoms with E-state index in [1.807, 2.05) is 0 Å². The van der Waals surface area contributed by atoms with Gasteiger partial charge >= 0.3 is 0 Å². The van der Waals surface area contributed by atoms with Gasteiger partial charge in [0.2, 0.25) is 0 Å². The van der Waals surface area contributed by atoms with E-state index in [0.717, 1.165) is 73.1 Å². The summed E-state index contributed by atoms with van der Waals surface area (Å²) >= 11 is 0. The van der Waals surface area contributed by atoms with E-state index in [4.69, 9.17) is 4.98 Å². The molecule has 4 heteroatoms. The van der Waals surface area contributed by atoms with Gasteiger partial charge in [0.15, 0.2) is 5.78 Å². The molecule has 1 heterocycles. The predicted molar refractivity (Wildman–Crippen MR) is 191 cm³/mol. The fraction of sp³-hybridized carbons (Fsp3) is 0.571. The summed E-state index contributed by atoms with van der Waals surface area (Å²) < 4.78 is 0. The van der Waals surface area contributed by atoms with Gasteiger partial charge in [-0.3, -0.25) is 9.78 Å². The van der Waals surface area contributed by atoms with Crippen molar-refractivity contribution in [1.82, 2.24) is 4.98 Å². The molecular weight excluding hydrogens is 743 g/mol. The maximum Gasteiger partial charge on any atom is 0.162 e. The van der Waals surface area contributed by atoms with Crippen molar-refractivity contribution in [3.05, 3.63) is 77.1 Å². The van der Waals surface area contributed by atoms with Crippen molar-refractivity contribution in [3.8, 4) is 11.3 Å². The second-order valence-electron chi connectivity index (χ2n) is 14.7. The number of allylic oxidation sites excluding steroid dienone is 2. The quantitative estimate of drug-likeness (QED) is 0.159. The molecule has 0 bridgehead atoms. The van der Waals surface area contributed by atoms with Crippen LogP contribution in [0.3, 0.4) is 0 Å². The van der Waals surface area contributed by atoms with Crippen LogP contribution in [0.1, 0.15) is 128 Å². The van der Waals surface area contributed by atoms with Crippen LogP contribution in [0.2, 0.25) is 0 Å². The zero-order valence-corrected chi connectivity index (χ0v) is 30.6. The third-order valence-electron chi connectivity index (χ3n) is 10.8. The number of fused-ring (bicyclic) bond motifs is 1. The number of rotatable bonds is 5. The number of hydrogen-bond acceptors (Lipinski definition) is 3. The van der Waals surface area contributed by atoms with Gasteiger partial charge in [0.1, 0.15) is 0 Å². The summed E-state index contributed by atoms with van der Waals surface area (Å²) in [5.41, 5.74) is 7.12. The average molecular weight is 801 g/mol. The van der Waals surface area contributed by atoms with Gasteiger partial charge in [0.05, 0.1) is 11.3 Å². The number of aliphatic hydroxyl groups excluding tert-OH is 1. The summed E-state index contributed by atoms with van der Waals surface area (Å²) in [4.78, 5) is 17.2. The predicted octanol–water partition coefficient (Wildman–Crippen LogP) is 11.9. The first-order valence-electron chi connectivity index (χ1n) is 17.5. The van der Waals surface area contributed by atoms with Gasteiger partial charge in [0, 0.05) is 38.0 Å². The second kappa shape index (κ2) is 17.7. The summed E-state index contributed by atoms with van der Waals surface area (Å²) in [6.45, 7) is 11.1. The third kappa shape index (κ3) is 10.4. The van der Waals surface area contributed by atoms with E-state index in [-0.39, 0.29) is 45.2 Å². The van der Waals surface area contributed by atoms with Gasteiger partial charge in [-0.15, -0.1) is 34.9 Å². The zero-order chi connectivity index (χ0) is 31.2. The first-order valence-corrected chi connectivity index (χ1v) is 17.5. The van der Waals surface area contributed by atoms with E-state index >= 15 is 0 Å². The number of benzene rings is 2. The molecule has 0 amide bonds. The number of nitrogens with zero attached hydrogens (tertiary/aromatic N) is 1. The molecule has 2 aromatic carbocycles. The Morgan fingerprint density at radius 2 is 1.30 bits per heavy atom. The van der Waals surface area contributed by atoms with Gasteiger partial charge in [-0.05, 0) is 84.9 Å². The fourth-order valence-corrected chi connectivity index (χ4v) is 7.65. The molecule has 1 radical (unpaired) electrons. The number of aromatic nitrogens is 1. The van der Waals surface area contributed by atoms with Crippen molar-refractivity contribution in [3.63, 3.8) is 0 Å². The number of hydrogen-bond donors (Lipinski definition) is 1. The molecule has 0 unspecified atom stereocenters. The zero-order valence-electron chi connectivity index (χ0n) is 28.2. The van der Waals surface area contributed by atoms with Crippen LogP contribution in [0.5, 0.6) is 0 Å². The van der Waals surface area contributed by atoms with Crippen LogP contribution in [-0.4, -0.2) is 15.9 Å². The molecule has 3 nitrogen and oxygen atoms in total. The van der Waals surface area contributed by atoms with Crippen LogP contribution in [0.15, 0.2) is 54.3 Å². The van der Waals surface area contributed by atoms with Crippen LogP contribution in [0.4, 0.5) is 0 Å². The second-order valence-corrected chi connectivity index (χ2v) is 14.7. The Bertz CT molecular complexity index is 1420. The van der Waals surface area contributed by atoms with Gasteiger partial charge < -0.3 is 5.11 Å². The molecular formula is C42H58IrNO2-. The van der Waals surface area contributed by atoms with E-state index < -0.39 is 0 Å². The van der Waals surface area contributed by atoms with Crippen LogP contribution in [0.25, 0.3) is 22.2 Å². The molecule has 1 N–H and O–H groups in total. The molecule has 6 rings (SSSR count). The van der Waals surface area contributed by atoms with Crippen LogP contribution in [-0.2, 0) is 24.9 Å². The minimum Gasteiger partial charge on any atom is -0.512 e. The number of ketones is 1. The summed E-state index contributed by atoms with van der Waals surface area (Å²) in [5.74, 6) is 4.07. The van der Waals surface area contributed by atoms with Crippen molar-refractivity contribution >= 4 is 16.7 Å². The van der Waals surface area contributed by atoms with Crippen LogP contribution < -0.4 is 0 Å². The van der Waals surface area contributed by atoms with Crippen LogP contribution in [0, 0.1) is 49.5 Å². The molecule has 1 aromatic heterocycles. The molecule has 0 aliphatic heterocycles. The smallest absolute Gasteiger partial charge is 0.162 e. The molecule has 3 aliphatic carbocycles. The van der Waals surface area contributed by atoms with E-state index in [2.05, 4.69) is 83.1 Å². The Kier molecular flexibility index (Phi) is 14.7. The van der Waals surface area contributed by atoms with Crippen LogP contribution >= 0.6 is 0 Å². The van der Waals surface area contributed by atoms with Gasteiger partial charge in [0.25, 0.3) is 0 Å². The first kappa shape index (κ1) is 38.2. The normalized spacial score (nSPS) is 26.6. The van der Waals surface area contributed by atoms with Crippen molar-refractivity contribution in [1.29, 1.82) is 0 Å². The average Bonchev–Trinajstić information content (AvgIpc) is 3.01. The molecule has 3 saturated carbocycles. The minimum absolute atomic E-state index is 0. The Hall–Kier alpha value is -2.29. The molecule has 253 valence electrons. The largest absolute Gasteiger partial charge is 0.512 e. The molecule has 3 aliphatic rings. The summed E-state index contributed by atoms with van der Waals surface area (Å²) in [6, 6.07) is 19.0. The maximum atomic E-state index is 12.2. The Morgan fingerprint density at radius 1 is 0.761 bits per heavy atom. The number of carbonyl (C=O) groups excluding carboxylic acids is 1. The van der Waals surface area contributed by atoms with E-state index in [1.54, 1.807) is 6.08 Å². The number of aryl methyl sites for hydroxylation is 2. The molecule has 0 spiro atoms.